The lowest BCUT2D eigenvalue weighted by Gasteiger charge is -2.10. The van der Waals surface area contributed by atoms with E-state index in [4.69, 9.17) is 4.74 Å². The molecule has 2 aromatic rings. The Morgan fingerprint density at radius 2 is 1.67 bits per heavy atom. The summed E-state index contributed by atoms with van der Waals surface area (Å²) < 4.78 is 34.8. The molecule has 0 aliphatic rings. The van der Waals surface area contributed by atoms with E-state index in [2.05, 4.69) is 67.8 Å². The first kappa shape index (κ1) is 17.3. The largest absolute Gasteiger partial charge is 0.483 e. The maximum absolute atomic E-state index is 13.5. The fourth-order valence-corrected chi connectivity index (χ4v) is 5.49. The van der Waals surface area contributed by atoms with Crippen molar-refractivity contribution in [1.29, 1.82) is 0 Å². The van der Waals surface area contributed by atoms with Crippen LogP contribution in [0.25, 0.3) is 0 Å². The van der Waals surface area contributed by atoms with Crippen molar-refractivity contribution in [2.45, 2.75) is 0 Å². The lowest BCUT2D eigenvalue weighted by atomic mass is 10.1. The van der Waals surface area contributed by atoms with E-state index in [1.54, 1.807) is 0 Å². The van der Waals surface area contributed by atoms with Gasteiger partial charge in [-0.1, -0.05) is 0 Å². The third-order valence-corrected chi connectivity index (χ3v) is 4.76. The van der Waals surface area contributed by atoms with Crippen LogP contribution >= 0.6 is 67.8 Å². The average Bonchev–Trinajstić information content (AvgIpc) is 2.40. The molecular weight excluding hydrogens is 619 g/mol. The summed E-state index contributed by atoms with van der Waals surface area (Å²) in [5.74, 6) is -1.44. The smallest absolute Gasteiger partial charge is 0.203 e. The van der Waals surface area contributed by atoms with Gasteiger partial charge in [0.05, 0.1) is 12.7 Å². The van der Waals surface area contributed by atoms with Crippen LogP contribution in [0.2, 0.25) is 0 Å². The normalized spacial score (nSPS) is 10.5. The van der Waals surface area contributed by atoms with Gasteiger partial charge in [-0.15, -0.1) is 0 Å². The third-order valence-electron chi connectivity index (χ3n) is 2.54. The van der Waals surface area contributed by atoms with Gasteiger partial charge in [0.1, 0.15) is 17.4 Å². The Bertz CT molecular complexity index is 682. The molecule has 0 saturated heterocycles. The predicted molar refractivity (Wildman–Crippen MR) is 101 cm³/mol. The van der Waals surface area contributed by atoms with Crippen LogP contribution in [-0.2, 0) is 0 Å². The molecule has 0 heterocycles. The molecule has 0 atom stereocenters. The second kappa shape index (κ2) is 7.49. The molecule has 0 spiro atoms. The maximum Gasteiger partial charge on any atom is 0.203 e. The van der Waals surface area contributed by atoms with Crippen LogP contribution in [0.15, 0.2) is 30.3 Å². The highest BCUT2D eigenvalue weighted by atomic mass is 127. The van der Waals surface area contributed by atoms with E-state index in [0.717, 1.165) is 28.9 Å². The van der Waals surface area contributed by atoms with Crippen LogP contribution in [0.1, 0.15) is 10.4 Å². The molecule has 0 N–H and O–H groups in total. The number of benzene rings is 2. The molecule has 2 rings (SSSR count). The minimum Gasteiger partial charge on any atom is -0.483 e. The highest BCUT2D eigenvalue weighted by Gasteiger charge is 2.15. The second-order valence-electron chi connectivity index (χ2n) is 4.03. The van der Waals surface area contributed by atoms with Gasteiger partial charge in [0.25, 0.3) is 0 Å². The van der Waals surface area contributed by atoms with Gasteiger partial charge in [-0.2, -0.15) is 0 Å². The zero-order valence-corrected chi connectivity index (χ0v) is 16.8. The zero-order valence-electron chi connectivity index (χ0n) is 10.3. The highest BCUT2D eigenvalue weighted by molar-refractivity contribution is 14.1. The monoisotopic (exact) mass is 626 g/mol. The van der Waals surface area contributed by atoms with Gasteiger partial charge < -0.3 is 4.74 Å². The van der Waals surface area contributed by atoms with E-state index in [0.29, 0.717) is 5.75 Å². The van der Waals surface area contributed by atoms with Gasteiger partial charge >= 0.3 is 0 Å². The van der Waals surface area contributed by atoms with Crippen LogP contribution in [0.3, 0.4) is 0 Å². The van der Waals surface area contributed by atoms with Crippen molar-refractivity contribution in [2.75, 3.05) is 6.61 Å². The molecule has 0 saturated carbocycles. The van der Waals surface area contributed by atoms with Crippen LogP contribution in [0.5, 0.6) is 5.75 Å². The van der Waals surface area contributed by atoms with Crippen LogP contribution in [0, 0.1) is 22.3 Å². The zero-order chi connectivity index (χ0) is 15.6. The molecule has 0 unspecified atom stereocenters. The van der Waals surface area contributed by atoms with Crippen molar-refractivity contribution >= 4 is 73.6 Å². The number of hydrogen-bond donors (Lipinski definition) is 0. The van der Waals surface area contributed by atoms with Gasteiger partial charge in [-0.25, -0.2) is 8.78 Å². The van der Waals surface area contributed by atoms with Crippen molar-refractivity contribution in [3.8, 4) is 5.75 Å². The first-order valence-corrected chi connectivity index (χ1v) is 8.87. The SMILES string of the molecule is O=C(COc1c(I)cc(I)cc1I)c1cc(F)ccc1F. The quantitative estimate of drug-likeness (QED) is 0.352. The Balaban J connectivity index is 2.17. The number of ether oxygens (including phenoxy) is 1. The topological polar surface area (TPSA) is 26.3 Å². The summed E-state index contributed by atoms with van der Waals surface area (Å²) in [5, 5.41) is 0. The van der Waals surface area contributed by atoms with E-state index in [-0.39, 0.29) is 12.2 Å². The number of ketones is 1. The molecule has 21 heavy (non-hydrogen) atoms. The molecule has 0 bridgehead atoms. The number of halogens is 5. The predicted octanol–water partition coefficient (Wildman–Crippen LogP) is 5.04. The molecule has 110 valence electrons. The number of Topliss-reactive ketones (excluding diaryl/α,β-unsaturated/α-hetero) is 1. The number of hydrogen-bond acceptors (Lipinski definition) is 2. The Labute approximate surface area is 161 Å². The molecule has 0 radical (unpaired) electrons. The Kier molecular flexibility index (Phi) is 6.17. The molecule has 0 aliphatic heterocycles. The molecule has 0 amide bonds. The summed E-state index contributed by atoms with van der Waals surface area (Å²) in [7, 11) is 0. The van der Waals surface area contributed by atoms with Crippen molar-refractivity contribution in [2.24, 2.45) is 0 Å². The Hall–Kier alpha value is -0.0400. The third kappa shape index (κ3) is 4.47. The highest BCUT2D eigenvalue weighted by Crippen LogP contribution is 2.29. The summed E-state index contributed by atoms with van der Waals surface area (Å²) in [6.45, 7) is -0.340. The maximum atomic E-state index is 13.5. The van der Waals surface area contributed by atoms with Crippen LogP contribution < -0.4 is 4.74 Å². The summed E-state index contributed by atoms with van der Waals surface area (Å²) in [6.07, 6.45) is 0. The van der Waals surface area contributed by atoms with Crippen LogP contribution in [0.4, 0.5) is 8.78 Å². The fourth-order valence-electron chi connectivity index (χ4n) is 1.59. The van der Waals surface area contributed by atoms with E-state index < -0.39 is 17.4 Å². The summed E-state index contributed by atoms with van der Waals surface area (Å²) in [4.78, 5) is 11.9. The van der Waals surface area contributed by atoms with Crippen molar-refractivity contribution < 1.29 is 18.3 Å². The second-order valence-corrected chi connectivity index (χ2v) is 7.60. The van der Waals surface area contributed by atoms with Crippen molar-refractivity contribution in [1.82, 2.24) is 0 Å². The minimum atomic E-state index is -0.753. The molecule has 0 aliphatic carbocycles. The van der Waals surface area contributed by atoms with Crippen LogP contribution in [-0.4, -0.2) is 12.4 Å². The van der Waals surface area contributed by atoms with E-state index in [1.165, 1.54) is 0 Å². The lowest BCUT2D eigenvalue weighted by Crippen LogP contribution is -2.14. The van der Waals surface area contributed by atoms with Gasteiger partial charge in [0, 0.05) is 3.57 Å². The van der Waals surface area contributed by atoms with Crippen molar-refractivity contribution in [3.63, 3.8) is 0 Å². The average molecular weight is 626 g/mol. The number of carbonyl (C=O) groups is 1. The fraction of sp³-hybridized carbons (Fsp3) is 0.0714. The van der Waals surface area contributed by atoms with Gasteiger partial charge in [-0.3, -0.25) is 4.79 Å². The number of carbonyl (C=O) groups excluding carboxylic acids is 1. The van der Waals surface area contributed by atoms with Crippen molar-refractivity contribution in [3.05, 3.63) is 58.2 Å². The summed E-state index contributed by atoms with van der Waals surface area (Å²) >= 11 is 6.39. The molecule has 2 aromatic carbocycles. The van der Waals surface area contributed by atoms with Gasteiger partial charge in [0.15, 0.2) is 6.61 Å². The first-order chi connectivity index (χ1) is 9.88. The molecule has 2 nitrogen and oxygen atoms in total. The number of rotatable bonds is 4. The van der Waals surface area contributed by atoms with E-state index in [9.17, 15) is 13.6 Å². The summed E-state index contributed by atoms with van der Waals surface area (Å²) in [6, 6.07) is 6.60. The first-order valence-electron chi connectivity index (χ1n) is 5.64. The van der Waals surface area contributed by atoms with Gasteiger partial charge in [-0.05, 0) is 98.1 Å². The lowest BCUT2D eigenvalue weighted by molar-refractivity contribution is 0.0915. The van der Waals surface area contributed by atoms with Gasteiger partial charge in [0.2, 0.25) is 5.78 Å². The summed E-state index contributed by atoms with van der Waals surface area (Å²) in [5.41, 5.74) is -0.300. The molecular formula is C14H7F2I3O2. The Morgan fingerprint density at radius 1 is 1.05 bits per heavy atom. The van der Waals surface area contributed by atoms with E-state index >= 15 is 0 Å². The molecule has 0 fully saturated rings. The molecule has 7 heteroatoms. The minimum absolute atomic E-state index is 0.300. The molecule has 0 aromatic heterocycles. The Morgan fingerprint density at radius 3 is 2.29 bits per heavy atom. The standard InChI is InChI=1S/C14H7F2I3O2/c15-7-1-2-10(16)9(3-7)13(20)6-21-14-11(18)4-8(17)5-12(14)19/h1-5H,6H2. The van der Waals surface area contributed by atoms with E-state index in [1.807, 2.05) is 12.1 Å².